The molecule has 1 atom stereocenters. The molecule has 0 aromatic heterocycles. The normalized spacial score (nSPS) is 14.1. The van der Waals surface area contributed by atoms with E-state index in [2.05, 4.69) is 51.4 Å². The van der Waals surface area contributed by atoms with Gasteiger partial charge in [0.15, 0.2) is 0 Å². The molecule has 1 rings (SSSR count). The predicted molar refractivity (Wildman–Crippen MR) is 86.2 cm³/mol. The molecule has 0 amide bonds. The van der Waals surface area contributed by atoms with Crippen LogP contribution < -0.4 is 5.30 Å². The van der Waals surface area contributed by atoms with Crippen LogP contribution in [0, 0.1) is 0 Å². The maximum Gasteiger partial charge on any atom is 0.313 e. The highest BCUT2D eigenvalue weighted by Crippen LogP contribution is 2.47. The van der Waals surface area contributed by atoms with Gasteiger partial charge in [0.25, 0.3) is 0 Å². The van der Waals surface area contributed by atoms with Crippen LogP contribution in [-0.2, 0) is 4.43 Å². The van der Waals surface area contributed by atoms with Crippen molar-refractivity contribution in [2.75, 3.05) is 0 Å². The molecule has 0 saturated heterocycles. The summed E-state index contributed by atoms with van der Waals surface area (Å²) in [6.45, 7) is 12.9. The Hall–Kier alpha value is -0.446. The van der Waals surface area contributed by atoms with Gasteiger partial charge < -0.3 is 4.43 Å². The summed E-state index contributed by atoms with van der Waals surface area (Å²) in [6.07, 6.45) is 0. The fourth-order valence-electron chi connectivity index (χ4n) is 1.65. The van der Waals surface area contributed by atoms with E-state index in [1.807, 2.05) is 18.2 Å². The van der Waals surface area contributed by atoms with Gasteiger partial charge in [-0.25, -0.2) is 4.79 Å². The Labute approximate surface area is 113 Å². The highest BCUT2D eigenvalue weighted by Gasteiger charge is 2.37. The molecule has 0 spiro atoms. The van der Waals surface area contributed by atoms with Crippen molar-refractivity contribution in [3.8, 4) is 0 Å². The molecule has 0 radical (unpaired) electrons. The van der Waals surface area contributed by atoms with Gasteiger partial charge in [-0.3, -0.25) is 0 Å². The van der Waals surface area contributed by atoms with Crippen molar-refractivity contribution in [2.45, 2.75) is 39.3 Å². The zero-order valence-corrected chi connectivity index (χ0v) is 15.0. The Kier molecular flexibility index (Phi) is 4.93. The molecule has 5 heteroatoms. The van der Waals surface area contributed by atoms with Crippen molar-refractivity contribution >= 4 is 34.5 Å². The monoisotopic (exact) mass is 298 g/mol. The number of hydrogen-bond acceptors (Lipinski definition) is 2. The van der Waals surface area contributed by atoms with Crippen LogP contribution in [0.3, 0.4) is 0 Å². The number of hydrogen-bond donors (Lipinski definition) is 0. The average molecular weight is 298 g/mol. The van der Waals surface area contributed by atoms with Crippen LogP contribution in [0.2, 0.25) is 39.3 Å². The van der Waals surface area contributed by atoms with E-state index in [-0.39, 0.29) is 5.71 Å². The molecule has 100 valence electrons. The van der Waals surface area contributed by atoms with Gasteiger partial charge in [0.05, 0.1) is 7.74 Å². The summed E-state index contributed by atoms with van der Waals surface area (Å²) in [6, 6.07) is 10.1. The molecule has 0 fully saturated rings. The third-order valence-electron chi connectivity index (χ3n) is 2.26. The number of rotatable bonds is 4. The second-order valence-corrected chi connectivity index (χ2v) is 22.0. The van der Waals surface area contributed by atoms with Crippen LogP contribution in [0.4, 0.5) is 4.79 Å². The van der Waals surface area contributed by atoms with Gasteiger partial charge in [-0.1, -0.05) is 50.0 Å². The fraction of sp³-hybridized carbons (Fsp3) is 0.462. The first-order valence-electron chi connectivity index (χ1n) is 6.19. The quantitative estimate of drug-likeness (QED) is 0.600. The van der Waals surface area contributed by atoms with Crippen molar-refractivity contribution in [1.29, 1.82) is 0 Å². The van der Waals surface area contributed by atoms with Gasteiger partial charge in [0.2, 0.25) is 8.32 Å². The van der Waals surface area contributed by atoms with Crippen LogP contribution in [-0.4, -0.2) is 21.8 Å². The van der Waals surface area contributed by atoms with Crippen LogP contribution in [0.25, 0.3) is 0 Å². The lowest BCUT2D eigenvalue weighted by Crippen LogP contribution is -2.34. The maximum absolute atomic E-state index is 12.5. The molecule has 0 saturated carbocycles. The lowest BCUT2D eigenvalue weighted by atomic mass is 10.4. The average Bonchev–Trinajstić information content (AvgIpc) is 2.13. The molecule has 0 aliphatic heterocycles. The lowest BCUT2D eigenvalue weighted by Gasteiger charge is -2.30. The molecular weight excluding hydrogens is 275 g/mol. The minimum absolute atomic E-state index is 0.0366. The van der Waals surface area contributed by atoms with E-state index < -0.39 is 23.5 Å². The van der Waals surface area contributed by atoms with Crippen LogP contribution in [0.5, 0.6) is 0 Å². The van der Waals surface area contributed by atoms with Crippen LogP contribution in [0.1, 0.15) is 0 Å². The highest BCUT2D eigenvalue weighted by molar-refractivity contribution is 8.10. The van der Waals surface area contributed by atoms with Gasteiger partial charge in [-0.2, -0.15) is 0 Å². The number of benzene rings is 1. The smallest absolute Gasteiger partial charge is 0.313 e. The molecule has 0 bridgehead atoms. The van der Waals surface area contributed by atoms with Crippen molar-refractivity contribution in [3.05, 3.63) is 30.3 Å². The SMILES string of the molecule is C[Si](C)(C)OC(=O)P(c1ccccc1)[Si](C)(C)C. The summed E-state index contributed by atoms with van der Waals surface area (Å²) >= 11 is 0. The molecule has 18 heavy (non-hydrogen) atoms. The Morgan fingerprint density at radius 1 is 1.00 bits per heavy atom. The van der Waals surface area contributed by atoms with Gasteiger partial charge in [-0.05, 0) is 24.9 Å². The summed E-state index contributed by atoms with van der Waals surface area (Å²) in [5.74, 6) is 0. The molecule has 0 heterocycles. The molecule has 1 aromatic carbocycles. The second-order valence-electron chi connectivity index (χ2n) is 6.32. The minimum atomic E-state index is -1.81. The summed E-state index contributed by atoms with van der Waals surface area (Å²) < 4.78 is 5.74. The Balaban J connectivity index is 3.05. The topological polar surface area (TPSA) is 26.3 Å². The Bertz CT molecular complexity index is 407. The van der Waals surface area contributed by atoms with Gasteiger partial charge >= 0.3 is 5.71 Å². The van der Waals surface area contributed by atoms with E-state index in [1.165, 1.54) is 0 Å². The predicted octanol–water partition coefficient (Wildman–Crippen LogP) is 4.60. The molecular formula is C13H23O2PSi2. The first-order chi connectivity index (χ1) is 8.11. The first-order valence-corrected chi connectivity index (χ1v) is 15.3. The summed E-state index contributed by atoms with van der Waals surface area (Å²) in [5, 5.41) is 1.16. The standard InChI is InChI=1S/C13H23O2PSi2/c1-17(2,3)15-13(14)16(18(4,5)6)12-10-8-7-9-11-12/h7-11H,1-6H3. The first kappa shape index (κ1) is 15.6. The van der Waals surface area contributed by atoms with Crippen molar-refractivity contribution in [2.24, 2.45) is 0 Å². The van der Waals surface area contributed by atoms with Crippen molar-refractivity contribution < 1.29 is 9.22 Å². The van der Waals surface area contributed by atoms with E-state index in [4.69, 9.17) is 4.43 Å². The lowest BCUT2D eigenvalue weighted by molar-refractivity contribution is 0.225. The third kappa shape index (κ3) is 4.67. The number of carbonyl (C=O) groups is 1. The molecule has 2 nitrogen and oxygen atoms in total. The van der Waals surface area contributed by atoms with Crippen LogP contribution in [0.15, 0.2) is 30.3 Å². The largest absolute Gasteiger partial charge is 0.517 e. The minimum Gasteiger partial charge on any atom is -0.517 e. The van der Waals surface area contributed by atoms with Crippen molar-refractivity contribution in [3.63, 3.8) is 0 Å². The van der Waals surface area contributed by atoms with Gasteiger partial charge in [0, 0.05) is 7.47 Å². The third-order valence-corrected chi connectivity index (χ3v) is 11.2. The van der Waals surface area contributed by atoms with E-state index in [1.54, 1.807) is 0 Å². The Morgan fingerprint density at radius 3 is 1.89 bits per heavy atom. The summed E-state index contributed by atoms with van der Waals surface area (Å²) in [4.78, 5) is 12.5. The van der Waals surface area contributed by atoms with E-state index in [0.717, 1.165) is 5.30 Å². The van der Waals surface area contributed by atoms with Gasteiger partial charge in [-0.15, -0.1) is 0 Å². The van der Waals surface area contributed by atoms with E-state index in [0.29, 0.717) is 0 Å². The van der Waals surface area contributed by atoms with Crippen molar-refractivity contribution in [1.82, 2.24) is 0 Å². The van der Waals surface area contributed by atoms with Crippen LogP contribution >= 0.6 is 7.47 Å². The zero-order valence-electron chi connectivity index (χ0n) is 12.2. The zero-order chi connectivity index (χ0) is 14.0. The number of carbonyl (C=O) groups excluding carboxylic acids is 1. The fourth-order valence-corrected chi connectivity index (χ4v) is 10.2. The maximum atomic E-state index is 12.5. The summed E-state index contributed by atoms with van der Waals surface area (Å²) in [7, 11) is -4.19. The molecule has 1 aromatic rings. The van der Waals surface area contributed by atoms with E-state index in [9.17, 15) is 4.79 Å². The van der Waals surface area contributed by atoms with Gasteiger partial charge in [0.1, 0.15) is 0 Å². The molecule has 0 aliphatic carbocycles. The molecule has 0 N–H and O–H groups in total. The molecule has 0 aliphatic rings. The van der Waals surface area contributed by atoms with E-state index >= 15 is 0 Å². The Morgan fingerprint density at radius 2 is 1.50 bits per heavy atom. The summed E-state index contributed by atoms with van der Waals surface area (Å²) in [5.41, 5.74) is 0.0366. The highest BCUT2D eigenvalue weighted by atomic mass is 31.4. The second kappa shape index (κ2) is 5.68. The molecule has 1 unspecified atom stereocenters.